The van der Waals surface area contributed by atoms with E-state index in [1.54, 1.807) is 0 Å². The molecule has 0 bridgehead atoms. The summed E-state index contributed by atoms with van der Waals surface area (Å²) in [6, 6.07) is 17.9. The summed E-state index contributed by atoms with van der Waals surface area (Å²) in [6.07, 6.45) is 0. The molecule has 2 rings (SSSR count). The molecule has 0 spiro atoms. The molecule has 0 radical (unpaired) electrons. The van der Waals surface area contributed by atoms with Crippen molar-refractivity contribution in [3.05, 3.63) is 71.3 Å². The number of rotatable bonds is 6. The number of hydrogen-bond acceptors (Lipinski definition) is 2. The minimum atomic E-state index is -0.298. The second kappa shape index (κ2) is 9.02. The van der Waals surface area contributed by atoms with Crippen LogP contribution in [0.2, 0.25) is 0 Å². The van der Waals surface area contributed by atoms with Crippen LogP contribution < -0.4 is 11.1 Å². The molecule has 3 nitrogen and oxygen atoms in total. The van der Waals surface area contributed by atoms with Gasteiger partial charge in [0.2, 0.25) is 5.91 Å². The van der Waals surface area contributed by atoms with Gasteiger partial charge in [0, 0.05) is 18.0 Å². The molecule has 2 unspecified atom stereocenters. The maximum absolute atomic E-state index is 12.5. The third kappa shape index (κ3) is 5.58. The molecule has 0 saturated carbocycles. The number of benzene rings is 2. The summed E-state index contributed by atoms with van der Waals surface area (Å²) in [4.78, 5) is 12.5. The van der Waals surface area contributed by atoms with E-state index < -0.39 is 0 Å². The number of aryl methyl sites for hydroxylation is 1. The molecule has 2 atom stereocenters. The first-order chi connectivity index (χ1) is 11.3. The highest BCUT2D eigenvalue weighted by molar-refractivity contribution is 5.85. The van der Waals surface area contributed by atoms with Gasteiger partial charge in [-0.05, 0) is 18.1 Å². The van der Waals surface area contributed by atoms with Gasteiger partial charge in [0.25, 0.3) is 0 Å². The van der Waals surface area contributed by atoms with E-state index in [1.165, 1.54) is 11.1 Å². The molecular weight excluding hydrogens is 332 g/mol. The smallest absolute Gasteiger partial charge is 0.224 e. The van der Waals surface area contributed by atoms with Gasteiger partial charge < -0.3 is 11.1 Å². The monoisotopic (exact) mass is 360 g/mol. The van der Waals surface area contributed by atoms with E-state index >= 15 is 0 Å². The molecule has 0 aromatic heterocycles. The van der Waals surface area contributed by atoms with Crippen molar-refractivity contribution in [2.24, 2.45) is 11.7 Å². The quantitative estimate of drug-likeness (QED) is 0.813. The fraction of sp³-hybridized carbons (Fsp3) is 0.381. The van der Waals surface area contributed by atoms with Crippen LogP contribution >= 0.6 is 12.4 Å². The van der Waals surface area contributed by atoms with E-state index in [2.05, 4.69) is 50.4 Å². The topological polar surface area (TPSA) is 55.1 Å². The van der Waals surface area contributed by atoms with E-state index in [9.17, 15) is 4.79 Å². The van der Waals surface area contributed by atoms with Crippen molar-refractivity contribution in [3.63, 3.8) is 0 Å². The van der Waals surface area contributed by atoms with Gasteiger partial charge in [-0.15, -0.1) is 12.4 Å². The normalized spacial score (nSPS) is 13.5. The lowest BCUT2D eigenvalue weighted by Gasteiger charge is -2.27. The van der Waals surface area contributed by atoms with Crippen molar-refractivity contribution >= 4 is 18.3 Å². The molecule has 0 aliphatic heterocycles. The molecule has 0 heterocycles. The molecule has 2 aromatic rings. The summed E-state index contributed by atoms with van der Waals surface area (Å²) in [5.41, 5.74) is 9.56. The van der Waals surface area contributed by atoms with Crippen molar-refractivity contribution in [3.8, 4) is 0 Å². The van der Waals surface area contributed by atoms with Crippen molar-refractivity contribution in [2.75, 3.05) is 6.54 Å². The van der Waals surface area contributed by atoms with E-state index in [0.29, 0.717) is 6.54 Å². The Labute approximate surface area is 157 Å². The number of hydrogen-bond donors (Lipinski definition) is 2. The largest absolute Gasteiger partial charge is 0.355 e. The van der Waals surface area contributed by atoms with Gasteiger partial charge in [0.05, 0.1) is 5.92 Å². The summed E-state index contributed by atoms with van der Waals surface area (Å²) in [6.45, 7) is 8.82. The highest BCUT2D eigenvalue weighted by Gasteiger charge is 2.25. The van der Waals surface area contributed by atoms with Gasteiger partial charge in [-0.1, -0.05) is 80.9 Å². The number of carbonyl (C=O) groups excluding carboxylic acids is 1. The summed E-state index contributed by atoms with van der Waals surface area (Å²) < 4.78 is 0. The van der Waals surface area contributed by atoms with Gasteiger partial charge in [0.1, 0.15) is 0 Å². The van der Waals surface area contributed by atoms with Crippen LogP contribution in [0.15, 0.2) is 54.6 Å². The Balaban J connectivity index is 0.00000312. The Kier molecular flexibility index (Phi) is 7.65. The van der Waals surface area contributed by atoms with Crippen LogP contribution in [-0.4, -0.2) is 12.5 Å². The maximum atomic E-state index is 12.5. The lowest BCUT2D eigenvalue weighted by Crippen LogP contribution is -2.41. The number of halogens is 1. The zero-order valence-electron chi connectivity index (χ0n) is 15.5. The fourth-order valence-electron chi connectivity index (χ4n) is 2.70. The van der Waals surface area contributed by atoms with E-state index in [0.717, 1.165) is 5.56 Å². The van der Waals surface area contributed by atoms with Gasteiger partial charge >= 0.3 is 0 Å². The second-order valence-corrected chi connectivity index (χ2v) is 7.19. The third-order valence-corrected chi connectivity index (χ3v) is 4.67. The summed E-state index contributed by atoms with van der Waals surface area (Å²) in [5, 5.41) is 3.07. The molecule has 1 amide bonds. The van der Waals surface area contributed by atoms with Crippen LogP contribution in [0.25, 0.3) is 0 Å². The minimum absolute atomic E-state index is 0. The van der Waals surface area contributed by atoms with E-state index in [-0.39, 0.29) is 35.7 Å². The predicted octanol–water partition coefficient (Wildman–Crippen LogP) is 4.15. The van der Waals surface area contributed by atoms with Crippen LogP contribution in [0.4, 0.5) is 0 Å². The fourth-order valence-corrected chi connectivity index (χ4v) is 2.70. The zero-order chi connectivity index (χ0) is 17.7. The van der Waals surface area contributed by atoms with Crippen molar-refractivity contribution in [1.82, 2.24) is 5.32 Å². The second-order valence-electron chi connectivity index (χ2n) is 7.19. The average Bonchev–Trinajstić information content (AvgIpc) is 2.59. The van der Waals surface area contributed by atoms with Gasteiger partial charge in [-0.2, -0.15) is 0 Å². The molecule has 0 aliphatic rings. The average molecular weight is 361 g/mol. The van der Waals surface area contributed by atoms with Crippen LogP contribution in [0, 0.1) is 12.8 Å². The van der Waals surface area contributed by atoms with Crippen molar-refractivity contribution in [2.45, 2.75) is 39.2 Å². The summed E-state index contributed by atoms with van der Waals surface area (Å²) in [7, 11) is 0. The van der Waals surface area contributed by atoms with Crippen LogP contribution in [-0.2, 0) is 10.2 Å². The molecule has 4 heteroatoms. The van der Waals surface area contributed by atoms with Crippen molar-refractivity contribution < 1.29 is 4.79 Å². The van der Waals surface area contributed by atoms with E-state index in [4.69, 9.17) is 5.73 Å². The molecule has 136 valence electrons. The summed E-state index contributed by atoms with van der Waals surface area (Å²) in [5.74, 6) is -0.284. The molecule has 0 aliphatic carbocycles. The lowest BCUT2D eigenvalue weighted by atomic mass is 9.84. The summed E-state index contributed by atoms with van der Waals surface area (Å²) >= 11 is 0. The molecule has 3 N–H and O–H groups in total. The Bertz CT molecular complexity index is 668. The SMILES string of the molecule is Cc1ccc(C(C)(C)CNC(=O)C(C)C(N)c2ccccc2)cc1.Cl. The first kappa shape index (κ1) is 21.2. The Hall–Kier alpha value is -1.84. The minimum Gasteiger partial charge on any atom is -0.355 e. The number of nitrogens with one attached hydrogen (secondary N) is 1. The van der Waals surface area contributed by atoms with Crippen LogP contribution in [0.1, 0.15) is 43.5 Å². The Morgan fingerprint density at radius 3 is 2.20 bits per heavy atom. The van der Waals surface area contributed by atoms with E-state index in [1.807, 2.05) is 37.3 Å². The standard InChI is InChI=1S/C21H28N2O.ClH/c1-15-10-12-18(13-11-15)21(3,4)14-23-20(24)16(2)19(22)17-8-6-5-7-9-17;/h5-13,16,19H,14,22H2,1-4H3,(H,23,24);1H. The predicted molar refractivity (Wildman–Crippen MR) is 107 cm³/mol. The first-order valence-corrected chi connectivity index (χ1v) is 8.46. The maximum Gasteiger partial charge on any atom is 0.224 e. The van der Waals surface area contributed by atoms with Gasteiger partial charge in [-0.25, -0.2) is 0 Å². The third-order valence-electron chi connectivity index (χ3n) is 4.67. The van der Waals surface area contributed by atoms with Crippen molar-refractivity contribution in [1.29, 1.82) is 0 Å². The Morgan fingerprint density at radius 2 is 1.64 bits per heavy atom. The number of amides is 1. The van der Waals surface area contributed by atoms with Crippen LogP contribution in [0.3, 0.4) is 0 Å². The first-order valence-electron chi connectivity index (χ1n) is 8.46. The molecule has 0 fully saturated rings. The lowest BCUT2D eigenvalue weighted by molar-refractivity contribution is -0.125. The molecule has 2 aromatic carbocycles. The van der Waals surface area contributed by atoms with Gasteiger partial charge in [0.15, 0.2) is 0 Å². The molecule has 0 saturated heterocycles. The Morgan fingerprint density at radius 1 is 1.08 bits per heavy atom. The zero-order valence-corrected chi connectivity index (χ0v) is 16.3. The highest BCUT2D eigenvalue weighted by Crippen LogP contribution is 2.24. The molecule has 25 heavy (non-hydrogen) atoms. The van der Waals surface area contributed by atoms with Crippen LogP contribution in [0.5, 0.6) is 0 Å². The number of carbonyl (C=O) groups is 1. The molecular formula is C21H29ClN2O. The van der Waals surface area contributed by atoms with Gasteiger partial charge in [-0.3, -0.25) is 4.79 Å². The highest BCUT2D eigenvalue weighted by atomic mass is 35.5. The number of nitrogens with two attached hydrogens (primary N) is 1.